The maximum absolute atomic E-state index is 12.8. The van der Waals surface area contributed by atoms with Gasteiger partial charge in [0, 0.05) is 12.1 Å². The minimum absolute atomic E-state index is 0.0559. The van der Waals surface area contributed by atoms with Crippen LogP contribution in [0.2, 0.25) is 0 Å². The second-order valence-electron chi connectivity index (χ2n) is 6.69. The highest BCUT2D eigenvalue weighted by Crippen LogP contribution is 2.24. The molecule has 0 saturated carbocycles. The summed E-state index contributed by atoms with van der Waals surface area (Å²) in [6, 6.07) is 16.6. The van der Waals surface area contributed by atoms with Crippen molar-refractivity contribution < 1.29 is 14.3 Å². The Morgan fingerprint density at radius 1 is 1.07 bits per heavy atom. The summed E-state index contributed by atoms with van der Waals surface area (Å²) >= 11 is 0. The molecule has 1 amide bonds. The van der Waals surface area contributed by atoms with Crippen LogP contribution in [0, 0.1) is 25.2 Å². The van der Waals surface area contributed by atoms with Crippen LogP contribution in [0.4, 0.5) is 5.82 Å². The van der Waals surface area contributed by atoms with Gasteiger partial charge in [0.1, 0.15) is 29.0 Å². The molecular weight excluding hydrogens is 380 g/mol. The first kappa shape index (κ1) is 20.7. The smallest absolute Gasteiger partial charge is 0.267 e. The zero-order chi connectivity index (χ0) is 21.7. The molecule has 0 atom stereocenters. The number of nitriles is 1. The minimum Gasteiger partial charge on any atom is -0.497 e. The fourth-order valence-corrected chi connectivity index (χ4v) is 2.88. The highest BCUT2D eigenvalue weighted by atomic mass is 16.5. The van der Waals surface area contributed by atoms with Crippen molar-refractivity contribution in [2.45, 2.75) is 13.8 Å². The molecule has 0 spiro atoms. The van der Waals surface area contributed by atoms with E-state index in [4.69, 9.17) is 9.47 Å². The molecule has 7 nitrogen and oxygen atoms in total. The van der Waals surface area contributed by atoms with E-state index in [0.29, 0.717) is 22.9 Å². The van der Waals surface area contributed by atoms with Crippen molar-refractivity contribution in [2.75, 3.05) is 19.5 Å². The first-order valence-electron chi connectivity index (χ1n) is 9.23. The summed E-state index contributed by atoms with van der Waals surface area (Å²) < 4.78 is 12.1. The number of aryl methyl sites for hydroxylation is 2. The third kappa shape index (κ3) is 4.67. The van der Waals surface area contributed by atoms with E-state index in [-0.39, 0.29) is 5.57 Å². The quantitative estimate of drug-likeness (QED) is 0.496. The van der Waals surface area contributed by atoms with Crippen LogP contribution in [0.25, 0.3) is 11.8 Å². The number of carbonyl (C=O) groups is 1. The van der Waals surface area contributed by atoms with Crippen molar-refractivity contribution >= 4 is 17.8 Å². The van der Waals surface area contributed by atoms with Crippen molar-refractivity contribution in [3.8, 4) is 23.3 Å². The number of rotatable bonds is 6. The third-order valence-electron chi connectivity index (χ3n) is 4.40. The maximum Gasteiger partial charge on any atom is 0.267 e. The number of nitrogens with zero attached hydrogens (tertiary/aromatic N) is 3. The standard InChI is InChI=1S/C23H22N4O3/c1-15-5-7-19(8-6-15)27-22(9-16(2)26-27)25-23(28)18(14-24)10-17-11-20(29-3)13-21(12-17)30-4/h5-13H,1-4H3,(H,25,28)/b18-10+. The van der Waals surface area contributed by atoms with Crippen LogP contribution in [0.5, 0.6) is 11.5 Å². The van der Waals surface area contributed by atoms with Gasteiger partial charge >= 0.3 is 0 Å². The Morgan fingerprint density at radius 3 is 2.27 bits per heavy atom. The molecule has 7 heteroatoms. The molecule has 0 fully saturated rings. The molecule has 1 heterocycles. The summed E-state index contributed by atoms with van der Waals surface area (Å²) in [5, 5.41) is 16.8. The lowest BCUT2D eigenvalue weighted by molar-refractivity contribution is -0.112. The molecule has 0 bridgehead atoms. The molecule has 0 unspecified atom stereocenters. The number of ether oxygens (including phenoxy) is 2. The number of benzene rings is 2. The lowest BCUT2D eigenvalue weighted by Gasteiger charge is -2.09. The second-order valence-corrected chi connectivity index (χ2v) is 6.69. The van der Waals surface area contributed by atoms with Crippen LogP contribution < -0.4 is 14.8 Å². The fraction of sp³-hybridized carbons (Fsp3) is 0.174. The SMILES string of the molecule is COc1cc(/C=C(\C#N)C(=O)Nc2cc(C)nn2-c2ccc(C)cc2)cc(OC)c1. The number of nitrogens with one attached hydrogen (secondary N) is 1. The predicted molar refractivity (Wildman–Crippen MR) is 115 cm³/mol. The van der Waals surface area contributed by atoms with Gasteiger partial charge in [-0.1, -0.05) is 17.7 Å². The number of hydrogen-bond acceptors (Lipinski definition) is 5. The molecule has 1 N–H and O–H groups in total. The molecule has 1 aromatic heterocycles. The van der Waals surface area contributed by atoms with E-state index in [0.717, 1.165) is 16.9 Å². The van der Waals surface area contributed by atoms with E-state index in [9.17, 15) is 10.1 Å². The summed E-state index contributed by atoms with van der Waals surface area (Å²) in [5.74, 6) is 1.07. The molecule has 0 radical (unpaired) electrons. The van der Waals surface area contributed by atoms with Crippen molar-refractivity contribution in [3.05, 3.63) is 70.9 Å². The van der Waals surface area contributed by atoms with E-state index in [1.165, 1.54) is 20.3 Å². The number of hydrogen-bond donors (Lipinski definition) is 1. The Balaban J connectivity index is 1.91. The van der Waals surface area contributed by atoms with Crippen LogP contribution in [0.15, 0.2) is 54.1 Å². The largest absolute Gasteiger partial charge is 0.497 e. The third-order valence-corrected chi connectivity index (χ3v) is 4.40. The number of carbonyl (C=O) groups excluding carboxylic acids is 1. The molecule has 0 saturated heterocycles. The van der Waals surface area contributed by atoms with Crippen molar-refractivity contribution in [1.82, 2.24) is 9.78 Å². The minimum atomic E-state index is -0.535. The van der Waals surface area contributed by atoms with Gasteiger partial charge in [-0.3, -0.25) is 4.79 Å². The Bertz CT molecular complexity index is 1120. The Morgan fingerprint density at radius 2 is 1.70 bits per heavy atom. The predicted octanol–water partition coefficient (Wildman–Crippen LogP) is 4.05. The van der Waals surface area contributed by atoms with Crippen LogP contribution in [0.3, 0.4) is 0 Å². The van der Waals surface area contributed by atoms with Gasteiger partial charge in [0.15, 0.2) is 0 Å². The summed E-state index contributed by atoms with van der Waals surface area (Å²) in [6.45, 7) is 3.84. The van der Waals surface area contributed by atoms with Crippen molar-refractivity contribution in [1.29, 1.82) is 5.26 Å². The van der Waals surface area contributed by atoms with E-state index >= 15 is 0 Å². The van der Waals surface area contributed by atoms with Crippen LogP contribution >= 0.6 is 0 Å². The Kier molecular flexibility index (Phi) is 6.18. The molecule has 30 heavy (non-hydrogen) atoms. The van der Waals surface area contributed by atoms with Gasteiger partial charge < -0.3 is 14.8 Å². The zero-order valence-electron chi connectivity index (χ0n) is 17.3. The van der Waals surface area contributed by atoms with Crippen LogP contribution in [-0.2, 0) is 4.79 Å². The molecule has 0 aliphatic carbocycles. The van der Waals surface area contributed by atoms with E-state index in [1.807, 2.05) is 44.2 Å². The number of anilines is 1. The molecular formula is C23H22N4O3. The summed E-state index contributed by atoms with van der Waals surface area (Å²) in [7, 11) is 3.07. The van der Waals surface area contributed by atoms with Crippen molar-refractivity contribution in [2.24, 2.45) is 0 Å². The molecule has 2 aromatic carbocycles. The summed E-state index contributed by atoms with van der Waals surface area (Å²) in [6.07, 6.45) is 1.49. The summed E-state index contributed by atoms with van der Waals surface area (Å²) in [4.78, 5) is 12.8. The van der Waals surface area contributed by atoms with Gasteiger partial charge in [-0.2, -0.15) is 10.4 Å². The van der Waals surface area contributed by atoms with Gasteiger partial charge in [-0.15, -0.1) is 0 Å². The first-order valence-corrected chi connectivity index (χ1v) is 9.23. The van der Waals surface area contributed by atoms with Gasteiger partial charge in [0.2, 0.25) is 0 Å². The van der Waals surface area contributed by atoms with Gasteiger partial charge in [-0.25, -0.2) is 4.68 Å². The maximum atomic E-state index is 12.8. The van der Waals surface area contributed by atoms with Crippen LogP contribution in [0.1, 0.15) is 16.8 Å². The van der Waals surface area contributed by atoms with Crippen LogP contribution in [-0.4, -0.2) is 29.9 Å². The average molecular weight is 402 g/mol. The van der Waals surface area contributed by atoms with E-state index in [2.05, 4.69) is 10.4 Å². The monoisotopic (exact) mass is 402 g/mol. The topological polar surface area (TPSA) is 89.2 Å². The number of aromatic nitrogens is 2. The normalized spacial score (nSPS) is 11.0. The van der Waals surface area contributed by atoms with E-state index < -0.39 is 5.91 Å². The highest BCUT2D eigenvalue weighted by molar-refractivity contribution is 6.09. The molecule has 0 aliphatic heterocycles. The zero-order valence-corrected chi connectivity index (χ0v) is 17.3. The van der Waals surface area contributed by atoms with Gasteiger partial charge in [-0.05, 0) is 49.8 Å². The average Bonchev–Trinajstić information content (AvgIpc) is 3.11. The second kappa shape index (κ2) is 8.97. The molecule has 3 aromatic rings. The van der Waals surface area contributed by atoms with Crippen molar-refractivity contribution in [3.63, 3.8) is 0 Å². The Labute approximate surface area is 175 Å². The molecule has 0 aliphatic rings. The highest BCUT2D eigenvalue weighted by Gasteiger charge is 2.15. The molecule has 3 rings (SSSR count). The summed E-state index contributed by atoms with van der Waals surface area (Å²) in [5.41, 5.74) is 3.23. The number of methoxy groups -OCH3 is 2. The lowest BCUT2D eigenvalue weighted by Crippen LogP contribution is -2.16. The first-order chi connectivity index (χ1) is 14.4. The fourth-order valence-electron chi connectivity index (χ4n) is 2.88. The number of amides is 1. The van der Waals surface area contributed by atoms with Gasteiger partial charge in [0.25, 0.3) is 5.91 Å². The van der Waals surface area contributed by atoms with Gasteiger partial charge in [0.05, 0.1) is 25.6 Å². The Hall–Kier alpha value is -4.05. The lowest BCUT2D eigenvalue weighted by atomic mass is 10.1. The van der Waals surface area contributed by atoms with E-state index in [1.54, 1.807) is 28.9 Å². The molecule has 152 valence electrons.